The second kappa shape index (κ2) is 8.18. The van der Waals surface area contributed by atoms with Crippen molar-refractivity contribution in [1.29, 1.82) is 5.41 Å². The highest BCUT2D eigenvalue weighted by Gasteiger charge is 2.28. The fourth-order valence-electron chi connectivity index (χ4n) is 0.820. The molecule has 0 rings (SSSR count). The van der Waals surface area contributed by atoms with Crippen LogP contribution in [0, 0.1) is 5.41 Å². The normalized spacial score (nSPS) is 14.1. The van der Waals surface area contributed by atoms with Crippen molar-refractivity contribution in [3.63, 3.8) is 0 Å². The maximum atomic E-state index is 7.25. The van der Waals surface area contributed by atoms with Crippen LogP contribution in [0.4, 0.5) is 0 Å². The molecule has 1 atom stereocenters. The minimum Gasteiger partial charge on any atom is -0.474 e. The van der Waals surface area contributed by atoms with E-state index in [0.29, 0.717) is 0 Å². The molecule has 0 aliphatic carbocycles. The second-order valence-corrected chi connectivity index (χ2v) is 5.42. The predicted molar refractivity (Wildman–Crippen MR) is 68.8 cm³/mol. The lowest BCUT2D eigenvalue weighted by molar-refractivity contribution is 0.0976. The van der Waals surface area contributed by atoms with Gasteiger partial charge in [-0.25, -0.2) is 0 Å². The van der Waals surface area contributed by atoms with Gasteiger partial charge in [0.15, 0.2) is 0 Å². The van der Waals surface area contributed by atoms with Crippen LogP contribution >= 0.6 is 34.8 Å². The van der Waals surface area contributed by atoms with Gasteiger partial charge < -0.3 is 9.47 Å². The lowest BCUT2D eigenvalue weighted by atomic mass is 10.3. The quantitative estimate of drug-likeness (QED) is 0.350. The Labute approximate surface area is 111 Å². The Morgan fingerprint density at radius 1 is 1.44 bits per heavy atom. The molecule has 0 aliphatic heterocycles. The van der Waals surface area contributed by atoms with Crippen LogP contribution in [0.3, 0.4) is 0 Å². The molecule has 0 spiro atoms. The number of alkyl halides is 3. The van der Waals surface area contributed by atoms with Gasteiger partial charge in [-0.2, -0.15) is 0 Å². The van der Waals surface area contributed by atoms with Gasteiger partial charge in [0, 0.05) is 6.61 Å². The zero-order valence-corrected chi connectivity index (χ0v) is 11.6. The molecule has 6 heteroatoms. The van der Waals surface area contributed by atoms with Gasteiger partial charge in [0.2, 0.25) is 5.90 Å². The molecule has 94 valence electrons. The first-order valence-electron chi connectivity index (χ1n) is 4.94. The maximum Gasteiger partial charge on any atom is 0.265 e. The van der Waals surface area contributed by atoms with Crippen molar-refractivity contribution in [3.05, 3.63) is 12.2 Å². The number of hydrogen-bond acceptors (Lipinski definition) is 3. The third kappa shape index (κ3) is 8.22. The molecule has 0 radical (unpaired) electrons. The summed E-state index contributed by atoms with van der Waals surface area (Å²) in [6.45, 7) is 4.87. The summed E-state index contributed by atoms with van der Waals surface area (Å²) in [7, 11) is 0. The van der Waals surface area contributed by atoms with Crippen molar-refractivity contribution in [2.45, 2.75) is 30.2 Å². The van der Waals surface area contributed by atoms with E-state index in [2.05, 4.69) is 0 Å². The summed E-state index contributed by atoms with van der Waals surface area (Å²) in [5, 5.41) is 7.25. The van der Waals surface area contributed by atoms with Crippen molar-refractivity contribution < 1.29 is 9.47 Å². The zero-order valence-electron chi connectivity index (χ0n) is 9.30. The summed E-state index contributed by atoms with van der Waals surface area (Å²) in [5.74, 6) is -0.385. The fraction of sp³-hybridized carbons (Fsp3) is 0.700. The Bertz CT molecular complexity index is 239. The molecule has 0 unspecified atom stereocenters. The Morgan fingerprint density at radius 3 is 2.56 bits per heavy atom. The van der Waals surface area contributed by atoms with Crippen LogP contribution in [-0.4, -0.2) is 29.0 Å². The predicted octanol–water partition coefficient (Wildman–Crippen LogP) is 3.72. The molecule has 16 heavy (non-hydrogen) atoms. The summed E-state index contributed by atoms with van der Waals surface area (Å²) in [6, 6.07) is 0. The summed E-state index contributed by atoms with van der Waals surface area (Å²) in [6.07, 6.45) is 4.56. The Kier molecular flexibility index (Phi) is 8.20. The minimum atomic E-state index is -1.79. The monoisotopic (exact) mass is 287 g/mol. The first-order valence-corrected chi connectivity index (χ1v) is 6.08. The van der Waals surface area contributed by atoms with Crippen LogP contribution in [0.1, 0.15) is 20.3 Å². The Morgan fingerprint density at radius 2 is 2.06 bits per heavy atom. The van der Waals surface area contributed by atoms with Crippen molar-refractivity contribution in [1.82, 2.24) is 0 Å². The van der Waals surface area contributed by atoms with E-state index in [4.69, 9.17) is 49.7 Å². The number of hydrogen-bond donors (Lipinski definition) is 1. The molecule has 0 saturated carbocycles. The second-order valence-electron chi connectivity index (χ2n) is 3.14. The molecule has 0 bridgehead atoms. The Balaban J connectivity index is 3.73. The van der Waals surface area contributed by atoms with E-state index in [1.165, 1.54) is 0 Å². The van der Waals surface area contributed by atoms with Crippen molar-refractivity contribution >= 4 is 40.7 Å². The molecule has 0 aromatic rings. The highest BCUT2D eigenvalue weighted by Crippen LogP contribution is 2.27. The van der Waals surface area contributed by atoms with Crippen molar-refractivity contribution in [2.24, 2.45) is 0 Å². The van der Waals surface area contributed by atoms with Gasteiger partial charge in [0.25, 0.3) is 3.79 Å². The molecule has 0 saturated heterocycles. The van der Waals surface area contributed by atoms with Crippen LogP contribution in [0.2, 0.25) is 0 Å². The topological polar surface area (TPSA) is 42.3 Å². The highest BCUT2D eigenvalue weighted by molar-refractivity contribution is 6.76. The lowest BCUT2D eigenvalue weighted by Gasteiger charge is -2.12. The van der Waals surface area contributed by atoms with E-state index in [1.807, 2.05) is 19.9 Å². The molecular weight excluding hydrogens is 272 g/mol. The molecule has 0 amide bonds. The average molecular weight is 289 g/mol. The van der Waals surface area contributed by atoms with Gasteiger partial charge >= 0.3 is 0 Å². The third-order valence-corrected chi connectivity index (χ3v) is 2.09. The highest BCUT2D eigenvalue weighted by atomic mass is 35.6. The van der Waals surface area contributed by atoms with E-state index in [9.17, 15) is 0 Å². The van der Waals surface area contributed by atoms with Crippen molar-refractivity contribution in [3.8, 4) is 0 Å². The van der Waals surface area contributed by atoms with Crippen LogP contribution in [-0.2, 0) is 9.47 Å². The fourth-order valence-corrected chi connectivity index (χ4v) is 0.983. The summed E-state index contributed by atoms with van der Waals surface area (Å²) in [4.78, 5) is 0. The molecule has 0 heterocycles. The first kappa shape index (κ1) is 16.0. The summed E-state index contributed by atoms with van der Waals surface area (Å²) in [5.41, 5.74) is 0. The zero-order chi connectivity index (χ0) is 12.6. The molecule has 3 nitrogen and oxygen atoms in total. The van der Waals surface area contributed by atoms with Crippen LogP contribution in [0.5, 0.6) is 0 Å². The maximum absolute atomic E-state index is 7.25. The smallest absolute Gasteiger partial charge is 0.265 e. The lowest BCUT2D eigenvalue weighted by Crippen LogP contribution is -2.21. The van der Waals surface area contributed by atoms with Gasteiger partial charge in [-0.15, -0.1) is 0 Å². The largest absolute Gasteiger partial charge is 0.474 e. The number of ether oxygens (including phenoxy) is 2. The van der Waals surface area contributed by atoms with E-state index in [-0.39, 0.29) is 18.6 Å². The minimum absolute atomic E-state index is 0.0190. The van der Waals surface area contributed by atoms with Crippen LogP contribution in [0.15, 0.2) is 12.2 Å². The van der Waals surface area contributed by atoms with E-state index in [1.54, 1.807) is 6.08 Å². The van der Waals surface area contributed by atoms with Crippen molar-refractivity contribution in [2.75, 3.05) is 13.2 Å². The average Bonchev–Trinajstić information content (AvgIpc) is 2.19. The SMILES string of the molecule is CCCO[C@H](C)/C=C/COC(=N)C(Cl)(Cl)Cl. The molecule has 0 aromatic heterocycles. The van der Waals surface area contributed by atoms with Crippen LogP contribution < -0.4 is 0 Å². The van der Waals surface area contributed by atoms with E-state index >= 15 is 0 Å². The molecule has 0 aromatic carbocycles. The number of rotatable bonds is 6. The summed E-state index contributed by atoms with van der Waals surface area (Å²) < 4.78 is 8.50. The molecule has 0 fully saturated rings. The molecule has 0 aliphatic rings. The number of nitrogens with one attached hydrogen (secondary N) is 1. The third-order valence-electron chi connectivity index (χ3n) is 1.57. The van der Waals surface area contributed by atoms with Gasteiger partial charge in [-0.3, -0.25) is 5.41 Å². The molecule has 1 N–H and O–H groups in total. The van der Waals surface area contributed by atoms with E-state index in [0.717, 1.165) is 13.0 Å². The van der Waals surface area contributed by atoms with Crippen LogP contribution in [0.25, 0.3) is 0 Å². The van der Waals surface area contributed by atoms with Gasteiger partial charge in [-0.1, -0.05) is 47.8 Å². The Hall–Kier alpha value is 0.0400. The number of halogens is 3. The van der Waals surface area contributed by atoms with Gasteiger partial charge in [-0.05, 0) is 19.4 Å². The van der Waals surface area contributed by atoms with E-state index < -0.39 is 3.79 Å². The molecular formula is C10H16Cl3NO2. The van der Waals surface area contributed by atoms with Gasteiger partial charge in [0.1, 0.15) is 6.61 Å². The summed E-state index contributed by atoms with van der Waals surface area (Å²) >= 11 is 16.3. The van der Waals surface area contributed by atoms with Gasteiger partial charge in [0.05, 0.1) is 6.10 Å². The standard InChI is InChI=1S/C10H16Cl3NO2/c1-3-6-15-8(2)5-4-7-16-9(14)10(11,12)13/h4-5,8,14H,3,6-7H2,1-2H3/b5-4+,14-9?/t8-/m1/s1. The first-order chi connectivity index (χ1) is 7.38.